The zero-order chi connectivity index (χ0) is 18.0. The van der Waals surface area contributed by atoms with Crippen molar-refractivity contribution in [2.24, 2.45) is 0 Å². The van der Waals surface area contributed by atoms with Crippen molar-refractivity contribution in [2.45, 2.75) is 0 Å². The number of halogens is 4. The number of rotatable bonds is 4. The lowest BCUT2D eigenvalue weighted by Crippen LogP contribution is -2.07. The molecule has 0 saturated heterocycles. The third-order valence-electron chi connectivity index (χ3n) is 2.86. The van der Waals surface area contributed by atoms with Crippen molar-refractivity contribution in [2.75, 3.05) is 0 Å². The molecule has 0 spiro atoms. The monoisotopic (exact) mass is 580 g/mol. The fourth-order valence-corrected chi connectivity index (χ4v) is 4.75. The summed E-state index contributed by atoms with van der Waals surface area (Å²) < 4.78 is 13.0. The zero-order valence-corrected chi connectivity index (χ0v) is 18.2. The Morgan fingerprint density at radius 1 is 0.750 bits per heavy atom. The molecule has 24 heavy (non-hydrogen) atoms. The maximum atomic E-state index is 11.7. The minimum atomic E-state index is -0.612. The van der Waals surface area contributed by atoms with E-state index >= 15 is 0 Å². The fraction of sp³-hybridized carbons (Fsp3) is 0. The molecule has 0 atom stereocenters. The highest BCUT2D eigenvalue weighted by atomic mass is 79.9. The Labute approximate surface area is 171 Å². The van der Waals surface area contributed by atoms with Crippen molar-refractivity contribution in [3.63, 3.8) is 0 Å². The standard InChI is InChI=1S/C16H8Br4O4/c1-3-11(21)23-15-9(19)5-8(18)14-13(15)7(17)6-10(20)16(14)24-12(22)4-2/h3-6H,1-2H2. The van der Waals surface area contributed by atoms with Crippen molar-refractivity contribution in [1.82, 2.24) is 0 Å². The summed E-state index contributed by atoms with van der Waals surface area (Å²) in [7, 11) is 0. The molecule has 0 saturated carbocycles. The Hall–Kier alpha value is -0.960. The van der Waals surface area contributed by atoms with Crippen LogP contribution in [-0.2, 0) is 9.59 Å². The van der Waals surface area contributed by atoms with E-state index in [1.807, 2.05) is 0 Å². The van der Waals surface area contributed by atoms with Gasteiger partial charge in [-0.25, -0.2) is 9.59 Å². The largest absolute Gasteiger partial charge is 0.421 e. The maximum absolute atomic E-state index is 11.7. The molecule has 0 bridgehead atoms. The highest BCUT2D eigenvalue weighted by molar-refractivity contribution is 9.11. The van der Waals surface area contributed by atoms with E-state index in [9.17, 15) is 9.59 Å². The second-order valence-corrected chi connectivity index (χ2v) is 7.76. The van der Waals surface area contributed by atoms with Gasteiger partial charge < -0.3 is 9.47 Å². The summed E-state index contributed by atoms with van der Waals surface area (Å²) in [4.78, 5) is 23.3. The van der Waals surface area contributed by atoms with Crippen molar-refractivity contribution in [3.05, 3.63) is 55.3 Å². The van der Waals surface area contributed by atoms with Gasteiger partial charge in [0.15, 0.2) is 11.5 Å². The van der Waals surface area contributed by atoms with Crippen LogP contribution in [0.25, 0.3) is 10.8 Å². The normalized spacial score (nSPS) is 10.3. The van der Waals surface area contributed by atoms with Gasteiger partial charge in [0.2, 0.25) is 0 Å². The van der Waals surface area contributed by atoms with Crippen LogP contribution < -0.4 is 9.47 Å². The topological polar surface area (TPSA) is 52.6 Å². The smallest absolute Gasteiger partial charge is 0.335 e. The van der Waals surface area contributed by atoms with E-state index in [1.165, 1.54) is 0 Å². The molecule has 0 fully saturated rings. The first kappa shape index (κ1) is 19.4. The number of benzene rings is 2. The van der Waals surface area contributed by atoms with Crippen LogP contribution in [0.3, 0.4) is 0 Å². The van der Waals surface area contributed by atoms with Crippen LogP contribution >= 0.6 is 63.7 Å². The van der Waals surface area contributed by atoms with Gasteiger partial charge in [-0.15, -0.1) is 0 Å². The summed E-state index contributed by atoms with van der Waals surface area (Å²) in [5, 5.41) is 1.09. The lowest BCUT2D eigenvalue weighted by atomic mass is 10.1. The van der Waals surface area contributed by atoms with Crippen LogP contribution in [0.5, 0.6) is 11.5 Å². The van der Waals surface area contributed by atoms with E-state index in [1.54, 1.807) is 12.1 Å². The molecule has 4 nitrogen and oxygen atoms in total. The third kappa shape index (κ3) is 3.82. The third-order valence-corrected chi connectivity index (χ3v) is 5.29. The second kappa shape index (κ2) is 7.95. The van der Waals surface area contributed by atoms with E-state index in [-0.39, 0.29) is 11.5 Å². The molecule has 0 aromatic heterocycles. The highest BCUT2D eigenvalue weighted by Crippen LogP contribution is 2.48. The summed E-state index contributed by atoms with van der Waals surface area (Å²) in [6.45, 7) is 6.78. The van der Waals surface area contributed by atoms with Crippen LogP contribution in [0, 0.1) is 0 Å². The van der Waals surface area contributed by atoms with E-state index in [4.69, 9.17) is 9.47 Å². The predicted molar refractivity (Wildman–Crippen MR) is 106 cm³/mol. The van der Waals surface area contributed by atoms with E-state index in [0.717, 1.165) is 12.2 Å². The molecule has 0 aliphatic heterocycles. The Morgan fingerprint density at radius 2 is 1.08 bits per heavy atom. The SMILES string of the molecule is C=CC(=O)Oc1c(Br)cc(Br)c2c(OC(=O)C=C)c(Br)cc(Br)c12. The van der Waals surface area contributed by atoms with Gasteiger partial charge in [0.25, 0.3) is 0 Å². The number of carbonyl (C=O) groups is 2. The highest BCUT2D eigenvalue weighted by Gasteiger charge is 2.22. The molecule has 2 aromatic rings. The lowest BCUT2D eigenvalue weighted by Gasteiger charge is -2.16. The number of fused-ring (bicyclic) bond motifs is 1. The van der Waals surface area contributed by atoms with Gasteiger partial charge in [-0.3, -0.25) is 0 Å². The Morgan fingerprint density at radius 3 is 1.38 bits per heavy atom. The molecule has 124 valence electrons. The van der Waals surface area contributed by atoms with Crippen LogP contribution in [0.4, 0.5) is 0 Å². The number of esters is 2. The van der Waals surface area contributed by atoms with E-state index < -0.39 is 11.9 Å². The molecule has 0 aliphatic carbocycles. The van der Waals surface area contributed by atoms with Crippen molar-refractivity contribution >= 4 is 86.4 Å². The fourth-order valence-electron chi connectivity index (χ4n) is 1.90. The van der Waals surface area contributed by atoms with Gasteiger partial charge in [-0.1, -0.05) is 13.2 Å². The van der Waals surface area contributed by atoms with E-state index in [0.29, 0.717) is 28.7 Å². The summed E-state index contributed by atoms with van der Waals surface area (Å²) in [5.74, 6) is -0.681. The minimum absolute atomic E-state index is 0.272. The average Bonchev–Trinajstić information content (AvgIpc) is 2.53. The molecule has 8 heteroatoms. The van der Waals surface area contributed by atoms with Crippen LogP contribution in [0.2, 0.25) is 0 Å². The maximum Gasteiger partial charge on any atom is 0.335 e. The molecule has 0 amide bonds. The Bertz CT molecular complexity index is 817. The summed E-state index contributed by atoms with van der Waals surface area (Å²) in [6, 6.07) is 3.39. The number of carbonyl (C=O) groups excluding carboxylic acids is 2. The molecule has 2 aromatic carbocycles. The van der Waals surface area contributed by atoms with E-state index in [2.05, 4.69) is 76.9 Å². The average molecular weight is 584 g/mol. The predicted octanol–water partition coefficient (Wildman–Crippen LogP) is 6.07. The van der Waals surface area contributed by atoms with Gasteiger partial charge in [0.05, 0.1) is 8.95 Å². The molecule has 0 heterocycles. The first-order chi connectivity index (χ1) is 11.3. The molecule has 0 unspecified atom stereocenters. The van der Waals surface area contributed by atoms with Crippen molar-refractivity contribution in [1.29, 1.82) is 0 Å². The number of hydrogen-bond donors (Lipinski definition) is 0. The van der Waals surface area contributed by atoms with Crippen molar-refractivity contribution in [3.8, 4) is 11.5 Å². The lowest BCUT2D eigenvalue weighted by molar-refractivity contribution is -0.129. The van der Waals surface area contributed by atoms with Crippen LogP contribution in [-0.4, -0.2) is 11.9 Å². The minimum Gasteiger partial charge on any atom is -0.421 e. The molecular weight excluding hydrogens is 576 g/mol. The molecule has 2 rings (SSSR count). The van der Waals surface area contributed by atoms with Gasteiger partial charge >= 0.3 is 11.9 Å². The van der Waals surface area contributed by atoms with Gasteiger partial charge in [-0.2, -0.15) is 0 Å². The Kier molecular flexibility index (Phi) is 6.41. The van der Waals surface area contributed by atoms with Gasteiger partial charge in [-0.05, 0) is 75.9 Å². The Balaban J connectivity index is 2.88. The van der Waals surface area contributed by atoms with Crippen LogP contribution in [0.1, 0.15) is 0 Å². The number of hydrogen-bond acceptors (Lipinski definition) is 4. The summed E-state index contributed by atoms with van der Waals surface area (Å²) in [6.07, 6.45) is 2.12. The van der Waals surface area contributed by atoms with Gasteiger partial charge in [0, 0.05) is 31.9 Å². The molecule has 0 N–H and O–H groups in total. The second-order valence-electron chi connectivity index (χ2n) is 4.34. The van der Waals surface area contributed by atoms with Crippen LogP contribution in [0.15, 0.2) is 55.3 Å². The van der Waals surface area contributed by atoms with Gasteiger partial charge in [0.1, 0.15) is 0 Å². The van der Waals surface area contributed by atoms with Crippen molar-refractivity contribution < 1.29 is 19.1 Å². The zero-order valence-electron chi connectivity index (χ0n) is 11.9. The first-order valence-corrected chi connectivity index (χ1v) is 9.45. The number of ether oxygens (including phenoxy) is 2. The summed E-state index contributed by atoms with van der Waals surface area (Å²) in [5.41, 5.74) is 0. The molecule has 0 radical (unpaired) electrons. The molecular formula is C16H8Br4O4. The first-order valence-electron chi connectivity index (χ1n) is 6.28. The quantitative estimate of drug-likeness (QED) is 0.249. The summed E-state index contributed by atoms with van der Waals surface area (Å²) >= 11 is 13.6. The molecule has 0 aliphatic rings.